The van der Waals surface area contributed by atoms with Gasteiger partial charge in [-0.15, -0.1) is 0 Å². The highest BCUT2D eigenvalue weighted by atomic mass is 35.5. The predicted molar refractivity (Wildman–Crippen MR) is 159 cm³/mol. The minimum Gasteiger partial charge on any atom is -0.462 e. The van der Waals surface area contributed by atoms with Gasteiger partial charge in [-0.3, -0.25) is 9.58 Å². The van der Waals surface area contributed by atoms with Crippen molar-refractivity contribution in [2.75, 3.05) is 62.2 Å². The van der Waals surface area contributed by atoms with Crippen molar-refractivity contribution >= 4 is 28.9 Å². The number of rotatable bonds is 9. The van der Waals surface area contributed by atoms with Gasteiger partial charge >= 0.3 is 5.97 Å². The normalized spacial score (nSPS) is 17.9. The third-order valence-corrected chi connectivity index (χ3v) is 8.27. The largest absolute Gasteiger partial charge is 0.462 e. The van der Waals surface area contributed by atoms with Crippen LogP contribution in [0.4, 0.5) is 20.2 Å². The Morgan fingerprint density at radius 2 is 1.88 bits per heavy atom. The molecule has 2 aromatic carbocycles. The van der Waals surface area contributed by atoms with Gasteiger partial charge in [0.05, 0.1) is 24.9 Å². The Labute approximate surface area is 250 Å². The van der Waals surface area contributed by atoms with E-state index in [0.717, 1.165) is 68.2 Å². The summed E-state index contributed by atoms with van der Waals surface area (Å²) in [5, 5.41) is 13.7. The standard InChI is InChI=1S/C31H35ClF2N6O2/c1-2-42-31(41)27-20-36-40(29(27)30(33)34)25-5-3-14-39(21-25)28-19-23(32)8-11-26(28)22-6-9-24(10-7-22)38-17-15-37(16-18-38)13-4-12-35/h6-11,19-20,25,30H,2-5,13-18,21H2,1H3. The Bertz CT molecular complexity index is 1420. The van der Waals surface area contributed by atoms with E-state index in [1.165, 1.54) is 10.9 Å². The monoisotopic (exact) mass is 596 g/mol. The minimum atomic E-state index is -2.86. The molecule has 2 saturated heterocycles. The van der Waals surface area contributed by atoms with Crippen LogP contribution >= 0.6 is 11.6 Å². The fraction of sp³-hybridized carbons (Fsp3) is 0.452. The molecule has 42 heavy (non-hydrogen) atoms. The highest BCUT2D eigenvalue weighted by molar-refractivity contribution is 6.31. The molecule has 3 aromatic rings. The van der Waals surface area contributed by atoms with Gasteiger partial charge in [0.25, 0.3) is 6.43 Å². The molecule has 1 unspecified atom stereocenters. The van der Waals surface area contributed by atoms with Crippen LogP contribution in [0.25, 0.3) is 11.1 Å². The quantitative estimate of drug-likeness (QED) is 0.272. The average molecular weight is 597 g/mol. The maximum Gasteiger partial charge on any atom is 0.341 e. The van der Waals surface area contributed by atoms with Gasteiger partial charge in [0.1, 0.15) is 11.3 Å². The van der Waals surface area contributed by atoms with Crippen molar-refractivity contribution in [2.24, 2.45) is 0 Å². The van der Waals surface area contributed by atoms with Crippen LogP contribution in [0, 0.1) is 11.3 Å². The first kappa shape index (κ1) is 29.8. The molecule has 3 heterocycles. The van der Waals surface area contributed by atoms with E-state index in [0.29, 0.717) is 24.4 Å². The van der Waals surface area contributed by atoms with Crippen molar-refractivity contribution < 1.29 is 18.3 Å². The number of alkyl halides is 2. The summed E-state index contributed by atoms with van der Waals surface area (Å²) < 4.78 is 34.6. The van der Waals surface area contributed by atoms with E-state index >= 15 is 0 Å². The molecule has 1 atom stereocenters. The van der Waals surface area contributed by atoms with Crippen molar-refractivity contribution in [1.82, 2.24) is 14.7 Å². The number of ether oxygens (including phenoxy) is 1. The number of piperazine rings is 1. The number of anilines is 2. The fourth-order valence-electron chi connectivity index (χ4n) is 5.92. The summed E-state index contributed by atoms with van der Waals surface area (Å²) in [6.07, 6.45) is 0.321. The number of hydrogen-bond donors (Lipinski definition) is 0. The number of carbonyl (C=O) groups is 1. The van der Waals surface area contributed by atoms with Gasteiger partial charge in [0.2, 0.25) is 0 Å². The summed E-state index contributed by atoms with van der Waals surface area (Å²) in [4.78, 5) is 19.2. The molecular weight excluding hydrogens is 562 g/mol. The van der Waals surface area contributed by atoms with Crippen LogP contribution in [0.15, 0.2) is 48.7 Å². The molecule has 0 saturated carbocycles. The summed E-state index contributed by atoms with van der Waals surface area (Å²) >= 11 is 6.46. The van der Waals surface area contributed by atoms with Crippen LogP contribution in [0.2, 0.25) is 5.02 Å². The SMILES string of the molecule is CCOC(=O)c1cnn(C2CCCN(c3cc(Cl)ccc3-c3ccc(N4CCN(CCC#N)CC4)cc3)C2)c1C(F)F. The maximum atomic E-state index is 14.2. The van der Waals surface area contributed by atoms with Crippen LogP contribution in [0.3, 0.4) is 0 Å². The number of nitriles is 1. The van der Waals surface area contributed by atoms with E-state index in [4.69, 9.17) is 21.6 Å². The highest BCUT2D eigenvalue weighted by Gasteiger charge is 2.32. The first-order valence-electron chi connectivity index (χ1n) is 14.4. The molecule has 2 aliphatic heterocycles. The van der Waals surface area contributed by atoms with Crippen LogP contribution < -0.4 is 9.80 Å². The van der Waals surface area contributed by atoms with Gasteiger partial charge in [0.15, 0.2) is 0 Å². The van der Waals surface area contributed by atoms with E-state index in [-0.39, 0.29) is 18.2 Å². The number of nitrogens with zero attached hydrogens (tertiary/aromatic N) is 6. The summed E-state index contributed by atoms with van der Waals surface area (Å²) in [7, 11) is 0. The molecule has 0 bridgehead atoms. The number of carbonyl (C=O) groups excluding carboxylic acids is 1. The average Bonchev–Trinajstić information content (AvgIpc) is 3.47. The van der Waals surface area contributed by atoms with Crippen molar-refractivity contribution in [3.8, 4) is 17.2 Å². The second kappa shape index (κ2) is 13.5. The fourth-order valence-corrected chi connectivity index (χ4v) is 6.09. The second-order valence-electron chi connectivity index (χ2n) is 10.6. The Kier molecular flexibility index (Phi) is 9.60. The molecule has 2 aliphatic rings. The molecule has 8 nitrogen and oxygen atoms in total. The summed E-state index contributed by atoms with van der Waals surface area (Å²) in [5.41, 5.74) is 3.56. The van der Waals surface area contributed by atoms with Gasteiger partial charge in [0, 0.05) is 74.2 Å². The Balaban J connectivity index is 1.35. The first-order chi connectivity index (χ1) is 20.4. The van der Waals surface area contributed by atoms with E-state index in [9.17, 15) is 13.6 Å². The van der Waals surface area contributed by atoms with E-state index < -0.39 is 18.1 Å². The van der Waals surface area contributed by atoms with Gasteiger partial charge in [-0.1, -0.05) is 29.8 Å². The van der Waals surface area contributed by atoms with E-state index in [1.807, 2.05) is 18.2 Å². The van der Waals surface area contributed by atoms with Crippen molar-refractivity contribution in [2.45, 2.75) is 38.7 Å². The van der Waals surface area contributed by atoms with Gasteiger partial charge in [-0.05, 0) is 49.6 Å². The zero-order valence-corrected chi connectivity index (χ0v) is 24.4. The molecule has 0 spiro atoms. The van der Waals surface area contributed by atoms with Crippen molar-refractivity contribution in [1.29, 1.82) is 5.26 Å². The van der Waals surface area contributed by atoms with Crippen LogP contribution in [-0.4, -0.2) is 73.1 Å². The lowest BCUT2D eigenvalue weighted by Gasteiger charge is -2.36. The van der Waals surface area contributed by atoms with Crippen LogP contribution in [0.5, 0.6) is 0 Å². The lowest BCUT2D eigenvalue weighted by atomic mass is 9.99. The first-order valence-corrected chi connectivity index (χ1v) is 14.8. The lowest BCUT2D eigenvalue weighted by molar-refractivity contribution is 0.0512. The zero-order chi connectivity index (χ0) is 29.6. The number of halogens is 3. The summed E-state index contributed by atoms with van der Waals surface area (Å²) in [6.45, 7) is 7.45. The number of esters is 1. The third-order valence-electron chi connectivity index (χ3n) is 8.03. The molecule has 2 fully saturated rings. The van der Waals surface area contributed by atoms with E-state index in [1.54, 1.807) is 6.92 Å². The van der Waals surface area contributed by atoms with Gasteiger partial charge < -0.3 is 14.5 Å². The number of aromatic nitrogens is 2. The molecule has 1 aromatic heterocycles. The molecular formula is C31H35ClF2N6O2. The topological polar surface area (TPSA) is 77.6 Å². The predicted octanol–water partition coefficient (Wildman–Crippen LogP) is 6.19. The van der Waals surface area contributed by atoms with Gasteiger partial charge in [-0.2, -0.15) is 10.4 Å². The van der Waals surface area contributed by atoms with Crippen LogP contribution in [-0.2, 0) is 4.74 Å². The molecule has 0 amide bonds. The lowest BCUT2D eigenvalue weighted by Crippen LogP contribution is -2.46. The molecule has 5 rings (SSSR count). The smallest absolute Gasteiger partial charge is 0.341 e. The second-order valence-corrected chi connectivity index (χ2v) is 11.0. The Hall–Kier alpha value is -3.68. The molecule has 222 valence electrons. The Morgan fingerprint density at radius 1 is 1.12 bits per heavy atom. The van der Waals surface area contributed by atoms with Crippen molar-refractivity contribution in [3.05, 3.63) is 64.9 Å². The minimum absolute atomic E-state index is 0.0996. The molecule has 11 heteroatoms. The summed E-state index contributed by atoms with van der Waals surface area (Å²) in [5.74, 6) is -0.784. The van der Waals surface area contributed by atoms with Crippen LogP contribution in [0.1, 0.15) is 54.7 Å². The highest BCUT2D eigenvalue weighted by Crippen LogP contribution is 2.38. The summed E-state index contributed by atoms with van der Waals surface area (Å²) in [6, 6.07) is 16.2. The van der Waals surface area contributed by atoms with E-state index in [2.05, 4.69) is 50.1 Å². The maximum absolute atomic E-state index is 14.2. The third kappa shape index (κ3) is 6.53. The molecule has 0 aliphatic carbocycles. The number of piperidine rings is 1. The van der Waals surface area contributed by atoms with Crippen molar-refractivity contribution in [3.63, 3.8) is 0 Å². The Morgan fingerprint density at radius 3 is 2.57 bits per heavy atom. The molecule has 0 N–H and O–H groups in total. The zero-order valence-electron chi connectivity index (χ0n) is 23.7. The number of hydrogen-bond acceptors (Lipinski definition) is 7. The number of benzene rings is 2. The van der Waals surface area contributed by atoms with Gasteiger partial charge in [-0.25, -0.2) is 13.6 Å². The molecule has 0 radical (unpaired) electrons.